The van der Waals surface area contributed by atoms with E-state index in [-0.39, 0.29) is 11.9 Å². The van der Waals surface area contributed by atoms with Gasteiger partial charge in [0.05, 0.1) is 6.54 Å². The molecule has 6 heteroatoms. The molecule has 0 bridgehead atoms. The molecule has 0 aliphatic rings. The average molecular weight is 190 g/mol. The van der Waals surface area contributed by atoms with Gasteiger partial charge >= 0.3 is 5.92 Å². The Bertz CT molecular complexity index is 282. The minimum atomic E-state index is -3.10. The summed E-state index contributed by atoms with van der Waals surface area (Å²) in [5.41, 5.74) is 4.94. The highest BCUT2D eigenvalue weighted by molar-refractivity contribution is 4.97. The highest BCUT2D eigenvalue weighted by atomic mass is 19.3. The first-order valence-electron chi connectivity index (χ1n) is 3.97. The number of nitrogens with two attached hydrogens (primary N) is 1. The van der Waals surface area contributed by atoms with Gasteiger partial charge in [-0.3, -0.25) is 0 Å². The molecule has 1 aromatic heterocycles. The normalized spacial score (nSPS) is 12.5. The van der Waals surface area contributed by atoms with Gasteiger partial charge in [0.1, 0.15) is 6.33 Å². The fraction of sp³-hybridized carbons (Fsp3) is 0.714. The van der Waals surface area contributed by atoms with E-state index in [2.05, 4.69) is 10.1 Å². The van der Waals surface area contributed by atoms with Gasteiger partial charge in [-0.15, -0.1) is 0 Å². The van der Waals surface area contributed by atoms with E-state index in [4.69, 9.17) is 5.73 Å². The first-order valence-corrected chi connectivity index (χ1v) is 3.97. The van der Waals surface area contributed by atoms with Gasteiger partial charge < -0.3 is 5.73 Å². The van der Waals surface area contributed by atoms with E-state index >= 15 is 0 Å². The number of nitrogens with zero attached hydrogens (tertiary/aromatic N) is 3. The molecular weight excluding hydrogens is 178 g/mol. The Kier molecular flexibility index (Phi) is 2.60. The molecule has 0 aliphatic carbocycles. The predicted octanol–water partition coefficient (Wildman–Crippen LogP) is 0.909. The van der Waals surface area contributed by atoms with Crippen molar-refractivity contribution in [3.05, 3.63) is 12.2 Å². The Hall–Kier alpha value is -1.04. The van der Waals surface area contributed by atoms with Crippen LogP contribution in [0.15, 0.2) is 6.33 Å². The summed E-state index contributed by atoms with van der Waals surface area (Å²) in [6.45, 7) is 2.76. The lowest BCUT2D eigenvalue weighted by Crippen LogP contribution is -2.29. The Morgan fingerprint density at radius 2 is 2.23 bits per heavy atom. The Morgan fingerprint density at radius 3 is 2.69 bits per heavy atom. The second kappa shape index (κ2) is 3.37. The van der Waals surface area contributed by atoms with Gasteiger partial charge in [0, 0.05) is 6.04 Å². The van der Waals surface area contributed by atoms with E-state index in [9.17, 15) is 8.78 Å². The molecule has 74 valence electrons. The summed E-state index contributed by atoms with van der Waals surface area (Å²) in [5.74, 6) is -3.47. The van der Waals surface area contributed by atoms with Gasteiger partial charge in [-0.05, 0) is 13.8 Å². The number of hydrogen-bond donors (Lipinski definition) is 1. The van der Waals surface area contributed by atoms with Crippen molar-refractivity contribution in [2.24, 2.45) is 5.73 Å². The van der Waals surface area contributed by atoms with Crippen LogP contribution in [0.2, 0.25) is 0 Å². The molecule has 1 rings (SSSR count). The molecule has 0 atom stereocenters. The summed E-state index contributed by atoms with van der Waals surface area (Å²) >= 11 is 0. The minimum Gasteiger partial charge on any atom is -0.325 e. The van der Waals surface area contributed by atoms with Crippen LogP contribution in [0.4, 0.5) is 8.78 Å². The second-order valence-electron chi connectivity index (χ2n) is 3.03. The smallest absolute Gasteiger partial charge is 0.318 e. The number of aromatic nitrogens is 3. The highest BCUT2D eigenvalue weighted by Crippen LogP contribution is 2.25. The molecule has 0 amide bonds. The summed E-state index contributed by atoms with van der Waals surface area (Å²) in [7, 11) is 0. The zero-order valence-corrected chi connectivity index (χ0v) is 7.54. The fourth-order valence-electron chi connectivity index (χ4n) is 0.981. The number of hydrogen-bond acceptors (Lipinski definition) is 3. The van der Waals surface area contributed by atoms with Crippen LogP contribution in [0.25, 0.3) is 0 Å². The zero-order valence-electron chi connectivity index (χ0n) is 7.54. The largest absolute Gasteiger partial charge is 0.325 e. The second-order valence-corrected chi connectivity index (χ2v) is 3.03. The maximum absolute atomic E-state index is 13.1. The van der Waals surface area contributed by atoms with Crippen LogP contribution in [0.1, 0.15) is 25.7 Å². The van der Waals surface area contributed by atoms with Crippen molar-refractivity contribution in [3.8, 4) is 0 Å². The summed E-state index contributed by atoms with van der Waals surface area (Å²) in [4.78, 5) is 3.50. The fourth-order valence-corrected chi connectivity index (χ4v) is 0.981. The Morgan fingerprint density at radius 1 is 1.62 bits per heavy atom. The average Bonchev–Trinajstić information content (AvgIpc) is 2.52. The number of halogens is 2. The number of rotatable bonds is 3. The molecule has 0 radical (unpaired) electrons. The van der Waals surface area contributed by atoms with Gasteiger partial charge in [0.15, 0.2) is 5.82 Å². The van der Waals surface area contributed by atoms with Crippen molar-refractivity contribution in [1.29, 1.82) is 0 Å². The van der Waals surface area contributed by atoms with E-state index in [0.717, 1.165) is 6.33 Å². The van der Waals surface area contributed by atoms with Crippen LogP contribution in [0.3, 0.4) is 0 Å². The van der Waals surface area contributed by atoms with Crippen LogP contribution in [0, 0.1) is 0 Å². The van der Waals surface area contributed by atoms with E-state index in [0.29, 0.717) is 0 Å². The summed E-state index contributed by atoms with van der Waals surface area (Å²) in [6.07, 6.45) is 1.11. The lowest BCUT2D eigenvalue weighted by atomic mass is 10.3. The predicted molar refractivity (Wildman–Crippen MR) is 43.4 cm³/mol. The molecule has 2 N–H and O–H groups in total. The van der Waals surface area contributed by atoms with Gasteiger partial charge in [-0.25, -0.2) is 9.67 Å². The third-order valence-electron chi connectivity index (χ3n) is 1.65. The molecule has 13 heavy (non-hydrogen) atoms. The van der Waals surface area contributed by atoms with Crippen LogP contribution >= 0.6 is 0 Å². The first-order chi connectivity index (χ1) is 5.99. The van der Waals surface area contributed by atoms with Gasteiger partial charge in [0.25, 0.3) is 0 Å². The van der Waals surface area contributed by atoms with Crippen LogP contribution < -0.4 is 5.73 Å². The summed E-state index contributed by atoms with van der Waals surface area (Å²) in [5, 5.41) is 3.70. The standard InChI is InChI=1S/C7H12F2N4/c1-5(2)13-6(11-4-12-13)7(8,9)3-10/h4-5H,3,10H2,1-2H3. The highest BCUT2D eigenvalue weighted by Gasteiger charge is 2.35. The number of alkyl halides is 2. The van der Waals surface area contributed by atoms with Crippen molar-refractivity contribution in [1.82, 2.24) is 14.8 Å². The molecule has 0 aromatic carbocycles. The van der Waals surface area contributed by atoms with Crippen molar-refractivity contribution in [3.63, 3.8) is 0 Å². The third kappa shape index (κ3) is 1.82. The quantitative estimate of drug-likeness (QED) is 0.770. The first kappa shape index (κ1) is 10.0. The lowest BCUT2D eigenvalue weighted by molar-refractivity contribution is -0.00904. The molecule has 0 saturated heterocycles. The molecule has 0 aliphatic heterocycles. The Balaban J connectivity index is 3.07. The molecule has 0 unspecified atom stereocenters. The third-order valence-corrected chi connectivity index (χ3v) is 1.65. The molecule has 0 spiro atoms. The van der Waals surface area contributed by atoms with E-state index in [1.165, 1.54) is 4.68 Å². The maximum Gasteiger partial charge on any atom is 0.318 e. The monoisotopic (exact) mass is 190 g/mol. The summed E-state index contributed by atoms with van der Waals surface area (Å²) in [6, 6.07) is -0.144. The van der Waals surface area contributed by atoms with Crippen molar-refractivity contribution in [2.45, 2.75) is 25.8 Å². The van der Waals surface area contributed by atoms with Gasteiger partial charge in [-0.1, -0.05) is 0 Å². The zero-order chi connectivity index (χ0) is 10.1. The van der Waals surface area contributed by atoms with Crippen LogP contribution in [-0.2, 0) is 5.92 Å². The van der Waals surface area contributed by atoms with Crippen molar-refractivity contribution < 1.29 is 8.78 Å². The lowest BCUT2D eigenvalue weighted by Gasteiger charge is -2.16. The SMILES string of the molecule is CC(C)n1ncnc1C(F)(F)CN. The van der Waals surface area contributed by atoms with Crippen LogP contribution in [-0.4, -0.2) is 21.3 Å². The van der Waals surface area contributed by atoms with Crippen molar-refractivity contribution >= 4 is 0 Å². The van der Waals surface area contributed by atoms with E-state index < -0.39 is 12.5 Å². The van der Waals surface area contributed by atoms with Gasteiger partial charge in [0.2, 0.25) is 0 Å². The molecule has 1 aromatic rings. The molecule has 1 heterocycles. The topological polar surface area (TPSA) is 56.7 Å². The molecule has 4 nitrogen and oxygen atoms in total. The van der Waals surface area contributed by atoms with Crippen LogP contribution in [0.5, 0.6) is 0 Å². The Labute approximate surface area is 74.8 Å². The summed E-state index contributed by atoms with van der Waals surface area (Å²) < 4.78 is 27.4. The minimum absolute atomic E-state index is 0.144. The maximum atomic E-state index is 13.1. The molecule has 0 fully saturated rings. The molecular formula is C7H12F2N4. The molecule has 0 saturated carbocycles. The van der Waals surface area contributed by atoms with E-state index in [1.54, 1.807) is 13.8 Å². The van der Waals surface area contributed by atoms with Crippen molar-refractivity contribution in [2.75, 3.05) is 6.54 Å². The van der Waals surface area contributed by atoms with E-state index in [1.807, 2.05) is 0 Å². The van der Waals surface area contributed by atoms with Gasteiger partial charge in [-0.2, -0.15) is 13.9 Å².